The van der Waals surface area contributed by atoms with Crippen LogP contribution in [0.1, 0.15) is 25.0 Å². The minimum absolute atomic E-state index is 0.0711. The summed E-state index contributed by atoms with van der Waals surface area (Å²) in [5, 5.41) is 11.6. The Bertz CT molecular complexity index is 3310. The fourth-order valence-corrected chi connectivity index (χ4v) is 9.59. The molecule has 0 radical (unpaired) electrons. The first-order valence-corrected chi connectivity index (χ1v) is 18.4. The fourth-order valence-electron chi connectivity index (χ4n) is 9.59. The summed E-state index contributed by atoms with van der Waals surface area (Å²) in [7, 11) is 0. The Morgan fingerprint density at radius 2 is 0.943 bits per heavy atom. The summed E-state index contributed by atoms with van der Waals surface area (Å²) in [6.07, 6.45) is 0. The van der Waals surface area contributed by atoms with E-state index in [2.05, 4.69) is 172 Å². The number of benzene rings is 9. The lowest BCUT2D eigenvalue weighted by atomic mass is 9.80. The minimum atomic E-state index is -0.0711. The maximum Gasteiger partial charge on any atom is 0.147 e. The van der Waals surface area contributed by atoms with Gasteiger partial charge in [-0.05, 0) is 108 Å². The van der Waals surface area contributed by atoms with Crippen molar-refractivity contribution < 1.29 is 8.83 Å². The van der Waals surface area contributed by atoms with Crippen LogP contribution in [0.5, 0.6) is 0 Å². The topological polar surface area (TPSA) is 26.3 Å². The van der Waals surface area contributed by atoms with Crippen LogP contribution in [0.4, 0.5) is 0 Å². The van der Waals surface area contributed by atoms with E-state index in [1.165, 1.54) is 71.4 Å². The average Bonchev–Trinajstić information content (AvgIpc) is 3.84. The lowest BCUT2D eigenvalue weighted by molar-refractivity contribution is 0.660. The van der Waals surface area contributed by atoms with Gasteiger partial charge in [0.1, 0.15) is 22.3 Å². The van der Waals surface area contributed by atoms with Crippen LogP contribution in [0.2, 0.25) is 0 Å². The van der Waals surface area contributed by atoms with Gasteiger partial charge in [-0.1, -0.05) is 135 Å². The standard InChI is InChI=1S/C51H32O2/c1-51(2)42-18-10-9-13-33(42)34-22-20-31(28-43(34)51)47-37-16-7-5-14-35(37)46(36-15-6-8-17-38(36)47)30-21-25-44-41(27-30)39-24-26-45-48(50(39)52-44)40-23-19-29-11-3-4-12-32(29)49(40)53-45/h3-28H,1-2H3. The van der Waals surface area contributed by atoms with Crippen LogP contribution in [0.15, 0.2) is 167 Å². The van der Waals surface area contributed by atoms with Crippen LogP contribution in [-0.4, -0.2) is 0 Å². The highest BCUT2D eigenvalue weighted by atomic mass is 16.3. The molecule has 0 spiro atoms. The smallest absolute Gasteiger partial charge is 0.147 e. The maximum atomic E-state index is 6.70. The van der Waals surface area contributed by atoms with Gasteiger partial charge in [-0.15, -0.1) is 0 Å². The van der Waals surface area contributed by atoms with Crippen molar-refractivity contribution in [2.75, 3.05) is 0 Å². The molecule has 0 saturated heterocycles. The molecule has 0 atom stereocenters. The van der Waals surface area contributed by atoms with E-state index in [1.807, 2.05) is 0 Å². The quantitative estimate of drug-likeness (QED) is 0.170. The van der Waals surface area contributed by atoms with Gasteiger partial charge in [0.05, 0.1) is 5.39 Å². The second-order valence-electron chi connectivity index (χ2n) is 15.2. The summed E-state index contributed by atoms with van der Waals surface area (Å²) in [4.78, 5) is 0. The average molecular weight is 677 g/mol. The SMILES string of the molecule is CC1(C)c2ccccc2-c2ccc(-c3c4ccccc4c(-c4ccc5oc6c(ccc7oc8c9ccccc9ccc8c76)c5c4)c4ccccc34)cc21. The van der Waals surface area contributed by atoms with Crippen LogP contribution in [0.3, 0.4) is 0 Å². The molecule has 9 aromatic carbocycles. The summed E-state index contributed by atoms with van der Waals surface area (Å²) in [6, 6.07) is 57.6. The van der Waals surface area contributed by atoms with Gasteiger partial charge >= 0.3 is 0 Å². The molecule has 0 amide bonds. The lowest BCUT2D eigenvalue weighted by Crippen LogP contribution is -2.14. The number of hydrogen-bond donors (Lipinski definition) is 0. The molecule has 0 saturated carbocycles. The molecule has 248 valence electrons. The molecular weight excluding hydrogens is 645 g/mol. The molecule has 11 aromatic rings. The van der Waals surface area contributed by atoms with Crippen molar-refractivity contribution in [2.45, 2.75) is 19.3 Å². The molecule has 0 bridgehead atoms. The van der Waals surface area contributed by atoms with Crippen molar-refractivity contribution in [3.8, 4) is 33.4 Å². The van der Waals surface area contributed by atoms with E-state index < -0.39 is 0 Å². The molecule has 0 fully saturated rings. The molecule has 1 aliphatic carbocycles. The first-order chi connectivity index (χ1) is 26.0. The minimum Gasteiger partial charge on any atom is -0.455 e. The molecule has 0 unspecified atom stereocenters. The van der Waals surface area contributed by atoms with Crippen LogP contribution >= 0.6 is 0 Å². The van der Waals surface area contributed by atoms with Crippen molar-refractivity contribution in [3.63, 3.8) is 0 Å². The summed E-state index contributed by atoms with van der Waals surface area (Å²) in [6.45, 7) is 4.72. The van der Waals surface area contributed by atoms with Crippen LogP contribution in [0, 0.1) is 0 Å². The summed E-state index contributed by atoms with van der Waals surface area (Å²) in [5.74, 6) is 0. The largest absolute Gasteiger partial charge is 0.455 e. The van der Waals surface area contributed by atoms with Crippen molar-refractivity contribution in [1.82, 2.24) is 0 Å². The molecule has 1 aliphatic rings. The van der Waals surface area contributed by atoms with Gasteiger partial charge in [-0.2, -0.15) is 0 Å². The van der Waals surface area contributed by atoms with Crippen molar-refractivity contribution >= 4 is 76.2 Å². The highest BCUT2D eigenvalue weighted by molar-refractivity contribution is 6.26. The van der Waals surface area contributed by atoms with Gasteiger partial charge in [0.15, 0.2) is 0 Å². The molecular formula is C51H32O2. The van der Waals surface area contributed by atoms with Crippen molar-refractivity contribution in [2.24, 2.45) is 0 Å². The summed E-state index contributed by atoms with van der Waals surface area (Å²) in [5.41, 5.74) is 13.8. The Morgan fingerprint density at radius 1 is 0.377 bits per heavy atom. The van der Waals surface area contributed by atoms with Gasteiger partial charge in [-0.3, -0.25) is 0 Å². The van der Waals surface area contributed by atoms with Gasteiger partial charge in [0.2, 0.25) is 0 Å². The molecule has 53 heavy (non-hydrogen) atoms. The second kappa shape index (κ2) is 10.2. The Balaban J connectivity index is 1.10. The Kier molecular flexibility index (Phi) is 5.60. The van der Waals surface area contributed by atoms with E-state index in [1.54, 1.807) is 0 Å². The van der Waals surface area contributed by atoms with Gasteiger partial charge in [-0.25, -0.2) is 0 Å². The normalized spacial score (nSPS) is 13.6. The third-order valence-electron chi connectivity index (χ3n) is 12.1. The Morgan fingerprint density at radius 3 is 1.70 bits per heavy atom. The van der Waals surface area contributed by atoms with E-state index >= 15 is 0 Å². The monoisotopic (exact) mass is 676 g/mol. The zero-order chi connectivity index (χ0) is 35.0. The maximum absolute atomic E-state index is 6.70. The molecule has 2 heteroatoms. The van der Waals surface area contributed by atoms with E-state index in [4.69, 9.17) is 8.83 Å². The first-order valence-electron chi connectivity index (χ1n) is 18.4. The molecule has 2 heterocycles. The van der Waals surface area contributed by atoms with E-state index in [9.17, 15) is 0 Å². The number of furan rings is 2. The summed E-state index contributed by atoms with van der Waals surface area (Å²) >= 11 is 0. The molecule has 2 aromatic heterocycles. The number of hydrogen-bond acceptors (Lipinski definition) is 2. The summed E-state index contributed by atoms with van der Waals surface area (Å²) < 4.78 is 13.2. The zero-order valence-electron chi connectivity index (χ0n) is 29.3. The Labute approximate surface area is 305 Å². The van der Waals surface area contributed by atoms with Gasteiger partial charge in [0.25, 0.3) is 0 Å². The van der Waals surface area contributed by atoms with Crippen molar-refractivity contribution in [1.29, 1.82) is 0 Å². The van der Waals surface area contributed by atoms with Gasteiger partial charge < -0.3 is 8.83 Å². The lowest BCUT2D eigenvalue weighted by Gasteiger charge is -2.23. The van der Waals surface area contributed by atoms with Crippen LogP contribution < -0.4 is 0 Å². The molecule has 0 N–H and O–H groups in total. The predicted octanol–water partition coefficient (Wildman–Crippen LogP) is 14.6. The highest BCUT2D eigenvalue weighted by Crippen LogP contribution is 2.51. The third-order valence-corrected chi connectivity index (χ3v) is 12.1. The third kappa shape index (κ3) is 3.82. The Hall–Kier alpha value is -6.64. The molecule has 2 nitrogen and oxygen atoms in total. The molecule has 12 rings (SSSR count). The van der Waals surface area contributed by atoms with Crippen LogP contribution in [0.25, 0.3) is 110 Å². The van der Waals surface area contributed by atoms with E-state index in [0.29, 0.717) is 0 Å². The number of fused-ring (bicyclic) bond motifs is 14. The first kappa shape index (κ1) is 29.0. The zero-order valence-corrected chi connectivity index (χ0v) is 29.3. The highest BCUT2D eigenvalue weighted by Gasteiger charge is 2.35. The second-order valence-corrected chi connectivity index (χ2v) is 15.2. The van der Waals surface area contributed by atoms with Crippen LogP contribution in [-0.2, 0) is 5.41 Å². The van der Waals surface area contributed by atoms with Gasteiger partial charge in [0, 0.05) is 27.0 Å². The van der Waals surface area contributed by atoms with Crippen molar-refractivity contribution in [3.05, 3.63) is 169 Å². The van der Waals surface area contributed by atoms with E-state index in [0.717, 1.165) is 49.3 Å². The molecule has 0 aliphatic heterocycles. The number of rotatable bonds is 2. The fraction of sp³-hybridized carbons (Fsp3) is 0.0588. The van der Waals surface area contributed by atoms with E-state index in [-0.39, 0.29) is 5.41 Å². The predicted molar refractivity (Wildman–Crippen MR) is 222 cm³/mol.